The van der Waals surface area contributed by atoms with Gasteiger partial charge in [0.2, 0.25) is 5.91 Å². The Morgan fingerprint density at radius 3 is 2.76 bits per heavy atom. The lowest BCUT2D eigenvalue weighted by Gasteiger charge is -2.26. The van der Waals surface area contributed by atoms with Crippen LogP contribution in [0, 0.1) is 0 Å². The highest BCUT2D eigenvalue weighted by Crippen LogP contribution is 2.35. The van der Waals surface area contributed by atoms with Gasteiger partial charge in [-0.25, -0.2) is 9.48 Å². The molecule has 2 aliphatic rings. The third kappa shape index (κ3) is 4.54. The first-order valence-corrected chi connectivity index (χ1v) is 11.7. The van der Waals surface area contributed by atoms with Crippen LogP contribution >= 0.6 is 0 Å². The van der Waals surface area contributed by atoms with E-state index in [0.29, 0.717) is 13.0 Å². The monoisotopic (exact) mass is 460 g/mol. The Kier molecular flexibility index (Phi) is 6.31. The fourth-order valence-corrected chi connectivity index (χ4v) is 4.84. The first-order valence-electron chi connectivity index (χ1n) is 11.7. The van der Waals surface area contributed by atoms with Crippen molar-refractivity contribution >= 4 is 17.7 Å². The molecule has 1 saturated heterocycles. The van der Waals surface area contributed by atoms with Crippen LogP contribution in [-0.4, -0.2) is 46.1 Å². The minimum atomic E-state index is -1.21. The Balaban J connectivity index is 1.42. The Morgan fingerprint density at radius 2 is 2.00 bits per heavy atom. The number of amides is 2. The summed E-state index contributed by atoms with van der Waals surface area (Å²) in [6.45, 7) is 1.25. The Bertz CT molecular complexity index is 1170. The van der Waals surface area contributed by atoms with Gasteiger partial charge >= 0.3 is 6.09 Å². The maximum atomic E-state index is 13.5. The van der Waals surface area contributed by atoms with Crippen LogP contribution in [0.2, 0.25) is 0 Å². The molecule has 2 N–H and O–H groups in total. The topological polar surface area (TPSA) is 96.7 Å². The largest absolute Gasteiger partial charge is 0.465 e. The lowest BCUT2D eigenvalue weighted by Crippen LogP contribution is -2.49. The van der Waals surface area contributed by atoms with Gasteiger partial charge < -0.3 is 20.1 Å². The van der Waals surface area contributed by atoms with Gasteiger partial charge in [0.05, 0.1) is 5.69 Å². The van der Waals surface area contributed by atoms with E-state index in [1.165, 1.54) is 0 Å². The molecule has 1 aromatic heterocycles. The number of carboxylic acid groups (broad SMARTS) is 1. The summed E-state index contributed by atoms with van der Waals surface area (Å²) in [5.41, 5.74) is 4.70. The van der Waals surface area contributed by atoms with Gasteiger partial charge in [-0.15, -0.1) is 0 Å². The zero-order valence-corrected chi connectivity index (χ0v) is 18.9. The average molecular weight is 461 g/mol. The quantitative estimate of drug-likeness (QED) is 0.579. The highest BCUT2D eigenvalue weighted by molar-refractivity contribution is 6.01. The van der Waals surface area contributed by atoms with Crippen LogP contribution in [0.5, 0.6) is 0 Å². The Morgan fingerprint density at radius 1 is 1.15 bits per heavy atom. The molecular weight excluding hydrogens is 432 g/mol. The summed E-state index contributed by atoms with van der Waals surface area (Å²) >= 11 is 0. The molecule has 8 nitrogen and oxygen atoms in total. The van der Waals surface area contributed by atoms with E-state index < -0.39 is 12.1 Å². The van der Waals surface area contributed by atoms with Crippen LogP contribution in [0.4, 0.5) is 10.5 Å². The van der Waals surface area contributed by atoms with Crippen molar-refractivity contribution in [2.45, 2.75) is 44.4 Å². The second-order valence-electron chi connectivity index (χ2n) is 8.76. The third-order valence-corrected chi connectivity index (χ3v) is 6.52. The van der Waals surface area contributed by atoms with Crippen LogP contribution in [0.1, 0.15) is 36.6 Å². The number of aromatic nitrogens is 2. The van der Waals surface area contributed by atoms with E-state index in [1.54, 1.807) is 11.1 Å². The SMILES string of the molecule is O=C(O)N[C@@H](Cc1ccccc1)C(=O)N1CCc2ccc(-c3ccnn3C3CCCCO3)cc21. The van der Waals surface area contributed by atoms with Gasteiger partial charge in [-0.3, -0.25) is 4.79 Å². The van der Waals surface area contributed by atoms with Crippen LogP contribution in [0.25, 0.3) is 11.3 Å². The number of carbonyl (C=O) groups is 2. The molecule has 2 amide bonds. The minimum absolute atomic E-state index is 0.0836. The second kappa shape index (κ2) is 9.69. The standard InChI is InChI=1S/C26H28N4O4/c31-25(21(28-26(32)33)16-18-6-2-1-3-7-18)29-14-12-19-9-10-20(17-23(19)29)22-11-13-27-30(22)24-8-4-5-15-34-24/h1-3,6-7,9-11,13,17,21,24,28H,4-5,8,12,14-16H2,(H,32,33)/t21-,24?/m0/s1. The van der Waals surface area contributed by atoms with Gasteiger partial charge in [-0.1, -0.05) is 42.5 Å². The Hall–Kier alpha value is -3.65. The molecule has 3 aromatic rings. The predicted octanol–water partition coefficient (Wildman–Crippen LogP) is 4.02. The highest BCUT2D eigenvalue weighted by atomic mass is 16.5. The molecule has 5 rings (SSSR count). The van der Waals surface area contributed by atoms with Crippen molar-refractivity contribution in [1.82, 2.24) is 15.1 Å². The van der Waals surface area contributed by atoms with Crippen molar-refractivity contribution in [2.24, 2.45) is 0 Å². The highest BCUT2D eigenvalue weighted by Gasteiger charge is 2.32. The van der Waals surface area contributed by atoms with Gasteiger partial charge in [0.15, 0.2) is 6.23 Å². The molecule has 0 spiro atoms. The molecule has 2 aromatic carbocycles. The van der Waals surface area contributed by atoms with Crippen LogP contribution < -0.4 is 10.2 Å². The number of ether oxygens (including phenoxy) is 1. The number of anilines is 1. The molecular formula is C26H28N4O4. The zero-order valence-electron chi connectivity index (χ0n) is 18.9. The van der Waals surface area contributed by atoms with Gasteiger partial charge in [-0.05, 0) is 48.9 Å². The van der Waals surface area contributed by atoms with E-state index in [9.17, 15) is 14.7 Å². The fourth-order valence-electron chi connectivity index (χ4n) is 4.84. The van der Waals surface area contributed by atoms with E-state index in [2.05, 4.69) is 16.5 Å². The number of rotatable bonds is 6. The van der Waals surface area contributed by atoms with Crippen molar-refractivity contribution in [1.29, 1.82) is 0 Å². The van der Waals surface area contributed by atoms with Crippen molar-refractivity contribution < 1.29 is 19.4 Å². The Labute approximate surface area is 198 Å². The maximum absolute atomic E-state index is 13.5. The van der Waals surface area contributed by atoms with Crippen LogP contribution in [0.3, 0.4) is 0 Å². The van der Waals surface area contributed by atoms with E-state index >= 15 is 0 Å². The molecule has 2 aliphatic heterocycles. The van der Waals surface area contributed by atoms with Crippen LogP contribution in [-0.2, 0) is 22.4 Å². The second-order valence-corrected chi connectivity index (χ2v) is 8.76. The lowest BCUT2D eigenvalue weighted by atomic mass is 10.0. The molecule has 1 unspecified atom stereocenters. The maximum Gasteiger partial charge on any atom is 0.405 e. The molecule has 0 saturated carbocycles. The molecule has 0 radical (unpaired) electrons. The normalized spacial score (nSPS) is 18.4. The van der Waals surface area contributed by atoms with Crippen molar-refractivity contribution in [2.75, 3.05) is 18.1 Å². The van der Waals surface area contributed by atoms with Gasteiger partial charge in [-0.2, -0.15) is 5.10 Å². The molecule has 176 valence electrons. The average Bonchev–Trinajstić information content (AvgIpc) is 3.51. The summed E-state index contributed by atoms with van der Waals surface area (Å²) in [5.74, 6) is -0.244. The molecule has 1 fully saturated rings. The predicted molar refractivity (Wildman–Crippen MR) is 128 cm³/mol. The van der Waals surface area contributed by atoms with Crippen molar-refractivity contribution in [3.05, 3.63) is 71.9 Å². The van der Waals surface area contributed by atoms with Gasteiger partial charge in [0.1, 0.15) is 6.04 Å². The molecule has 2 atom stereocenters. The van der Waals surface area contributed by atoms with Gasteiger partial charge in [0, 0.05) is 37.0 Å². The number of nitrogens with zero attached hydrogens (tertiary/aromatic N) is 3. The number of hydrogen-bond donors (Lipinski definition) is 2. The molecule has 8 heteroatoms. The number of nitrogens with one attached hydrogen (secondary N) is 1. The third-order valence-electron chi connectivity index (χ3n) is 6.52. The summed E-state index contributed by atoms with van der Waals surface area (Å²) in [4.78, 5) is 26.7. The summed E-state index contributed by atoms with van der Waals surface area (Å²) in [7, 11) is 0. The van der Waals surface area contributed by atoms with Crippen molar-refractivity contribution in [3.8, 4) is 11.3 Å². The van der Waals surface area contributed by atoms with Crippen LogP contribution in [0.15, 0.2) is 60.8 Å². The lowest BCUT2D eigenvalue weighted by molar-refractivity contribution is -0.120. The zero-order chi connectivity index (χ0) is 23.5. The van der Waals surface area contributed by atoms with E-state index in [1.807, 2.05) is 53.2 Å². The number of hydrogen-bond acceptors (Lipinski definition) is 4. The summed E-state index contributed by atoms with van der Waals surface area (Å²) in [5, 5.41) is 16.3. The first kappa shape index (κ1) is 22.2. The first-order chi connectivity index (χ1) is 16.6. The molecule has 3 heterocycles. The number of benzene rings is 2. The number of fused-ring (bicyclic) bond motifs is 1. The van der Waals surface area contributed by atoms with E-state index in [0.717, 1.165) is 60.4 Å². The minimum Gasteiger partial charge on any atom is -0.465 e. The van der Waals surface area contributed by atoms with Gasteiger partial charge in [0.25, 0.3) is 0 Å². The summed E-state index contributed by atoms with van der Waals surface area (Å²) in [6.07, 6.45) is 4.61. The molecule has 34 heavy (non-hydrogen) atoms. The fraction of sp³-hybridized carbons (Fsp3) is 0.346. The number of carbonyl (C=O) groups excluding carboxylic acids is 1. The van der Waals surface area contributed by atoms with Crippen molar-refractivity contribution in [3.63, 3.8) is 0 Å². The molecule has 0 aliphatic carbocycles. The summed E-state index contributed by atoms with van der Waals surface area (Å²) in [6, 6.07) is 16.7. The van der Waals surface area contributed by atoms with E-state index in [-0.39, 0.29) is 12.1 Å². The molecule has 0 bridgehead atoms. The smallest absolute Gasteiger partial charge is 0.405 e. The summed E-state index contributed by atoms with van der Waals surface area (Å²) < 4.78 is 7.86. The van der Waals surface area contributed by atoms with E-state index in [4.69, 9.17) is 4.74 Å².